The molecular weight excluding hydrogens is 166 g/mol. The highest BCUT2D eigenvalue weighted by molar-refractivity contribution is 5.98. The van der Waals surface area contributed by atoms with Crippen LogP contribution < -0.4 is 10.5 Å². The van der Waals surface area contributed by atoms with E-state index < -0.39 is 0 Å². The van der Waals surface area contributed by atoms with Gasteiger partial charge in [-0.15, -0.1) is 0 Å². The van der Waals surface area contributed by atoms with E-state index in [9.17, 15) is 4.79 Å². The van der Waals surface area contributed by atoms with Gasteiger partial charge in [-0.25, -0.2) is 0 Å². The van der Waals surface area contributed by atoms with E-state index in [1.165, 1.54) is 7.11 Å². The van der Waals surface area contributed by atoms with Crippen LogP contribution in [0.15, 0.2) is 18.2 Å². The Morgan fingerprint density at radius 1 is 1.54 bits per heavy atom. The normalized spacial score (nSPS) is 9.69. The minimum absolute atomic E-state index is 0.0665. The second-order valence-electron chi connectivity index (χ2n) is 2.74. The van der Waals surface area contributed by atoms with E-state index in [0.29, 0.717) is 23.4 Å². The SMILES string of the molecule is CCC(=O)c1ccc(N)cc1OC. The van der Waals surface area contributed by atoms with E-state index in [4.69, 9.17) is 10.5 Å². The molecule has 70 valence electrons. The largest absolute Gasteiger partial charge is 0.496 e. The van der Waals surface area contributed by atoms with Gasteiger partial charge in [0.25, 0.3) is 0 Å². The maximum absolute atomic E-state index is 11.4. The summed E-state index contributed by atoms with van der Waals surface area (Å²) in [5.74, 6) is 0.615. The molecule has 0 unspecified atom stereocenters. The van der Waals surface area contributed by atoms with Crippen molar-refractivity contribution in [2.24, 2.45) is 0 Å². The summed E-state index contributed by atoms with van der Waals surface area (Å²) in [6.45, 7) is 1.82. The quantitative estimate of drug-likeness (QED) is 0.569. The second kappa shape index (κ2) is 3.94. The third-order valence-electron chi connectivity index (χ3n) is 1.85. The van der Waals surface area contributed by atoms with Crippen LogP contribution in [0.25, 0.3) is 0 Å². The lowest BCUT2D eigenvalue weighted by Gasteiger charge is -2.06. The average molecular weight is 179 g/mol. The molecule has 0 bridgehead atoms. The van der Waals surface area contributed by atoms with E-state index in [1.807, 2.05) is 6.92 Å². The van der Waals surface area contributed by atoms with Crippen molar-refractivity contribution in [2.75, 3.05) is 12.8 Å². The molecule has 0 aromatic heterocycles. The number of hydrogen-bond acceptors (Lipinski definition) is 3. The molecule has 0 aliphatic heterocycles. The Morgan fingerprint density at radius 3 is 2.77 bits per heavy atom. The van der Waals surface area contributed by atoms with Crippen LogP contribution in [-0.2, 0) is 0 Å². The molecule has 0 spiro atoms. The van der Waals surface area contributed by atoms with Gasteiger partial charge in [0.1, 0.15) is 5.75 Å². The first-order valence-electron chi connectivity index (χ1n) is 4.15. The summed E-state index contributed by atoms with van der Waals surface area (Å²) in [7, 11) is 1.53. The zero-order valence-electron chi connectivity index (χ0n) is 7.83. The molecule has 3 nitrogen and oxygen atoms in total. The Balaban J connectivity index is 3.13. The zero-order chi connectivity index (χ0) is 9.84. The van der Waals surface area contributed by atoms with Crippen molar-refractivity contribution in [1.82, 2.24) is 0 Å². The maximum atomic E-state index is 11.4. The highest BCUT2D eigenvalue weighted by atomic mass is 16.5. The number of ketones is 1. The molecule has 0 atom stereocenters. The smallest absolute Gasteiger partial charge is 0.166 e. The predicted molar refractivity (Wildman–Crippen MR) is 52.0 cm³/mol. The van der Waals surface area contributed by atoms with Crippen LogP contribution in [0.3, 0.4) is 0 Å². The first-order chi connectivity index (χ1) is 6.19. The van der Waals surface area contributed by atoms with Gasteiger partial charge in [-0.3, -0.25) is 4.79 Å². The van der Waals surface area contributed by atoms with E-state index in [0.717, 1.165) is 0 Å². The number of carbonyl (C=O) groups is 1. The molecule has 0 saturated heterocycles. The van der Waals surface area contributed by atoms with Crippen molar-refractivity contribution >= 4 is 11.5 Å². The molecule has 1 aromatic carbocycles. The molecule has 0 amide bonds. The maximum Gasteiger partial charge on any atom is 0.166 e. The molecule has 0 aliphatic rings. The standard InChI is InChI=1S/C10H13NO2/c1-3-9(12)8-5-4-7(11)6-10(8)13-2/h4-6H,3,11H2,1-2H3. The molecule has 0 heterocycles. The van der Waals surface area contributed by atoms with Crippen molar-refractivity contribution in [2.45, 2.75) is 13.3 Å². The summed E-state index contributed by atoms with van der Waals surface area (Å²) < 4.78 is 5.05. The van der Waals surface area contributed by atoms with Crippen molar-refractivity contribution in [3.63, 3.8) is 0 Å². The van der Waals surface area contributed by atoms with Crippen LogP contribution in [0.5, 0.6) is 5.75 Å². The summed E-state index contributed by atoms with van der Waals surface area (Å²) in [5.41, 5.74) is 6.75. The van der Waals surface area contributed by atoms with E-state index in [1.54, 1.807) is 18.2 Å². The van der Waals surface area contributed by atoms with Crippen molar-refractivity contribution in [3.05, 3.63) is 23.8 Å². The number of anilines is 1. The third-order valence-corrected chi connectivity index (χ3v) is 1.85. The molecule has 0 fully saturated rings. The first kappa shape index (κ1) is 9.58. The Morgan fingerprint density at radius 2 is 2.23 bits per heavy atom. The molecule has 0 saturated carbocycles. The van der Waals surface area contributed by atoms with Crippen LogP contribution in [0.1, 0.15) is 23.7 Å². The summed E-state index contributed by atoms with van der Waals surface area (Å²) in [6.07, 6.45) is 0.472. The Labute approximate surface area is 77.5 Å². The summed E-state index contributed by atoms with van der Waals surface area (Å²) >= 11 is 0. The van der Waals surface area contributed by atoms with Crippen molar-refractivity contribution in [3.8, 4) is 5.75 Å². The average Bonchev–Trinajstić information content (AvgIpc) is 2.16. The summed E-state index contributed by atoms with van der Waals surface area (Å²) in [4.78, 5) is 11.4. The second-order valence-corrected chi connectivity index (χ2v) is 2.74. The zero-order valence-corrected chi connectivity index (χ0v) is 7.83. The summed E-state index contributed by atoms with van der Waals surface area (Å²) in [5, 5.41) is 0. The molecule has 0 radical (unpaired) electrons. The number of methoxy groups -OCH3 is 1. The van der Waals surface area contributed by atoms with Crippen molar-refractivity contribution < 1.29 is 9.53 Å². The third kappa shape index (κ3) is 1.99. The molecule has 0 aliphatic carbocycles. The summed E-state index contributed by atoms with van der Waals surface area (Å²) in [6, 6.07) is 5.05. The predicted octanol–water partition coefficient (Wildman–Crippen LogP) is 1.87. The van der Waals surface area contributed by atoms with Gasteiger partial charge in [0.05, 0.1) is 12.7 Å². The highest BCUT2D eigenvalue weighted by Gasteiger charge is 2.09. The number of hydrogen-bond donors (Lipinski definition) is 1. The van der Waals surface area contributed by atoms with E-state index >= 15 is 0 Å². The van der Waals surface area contributed by atoms with E-state index in [-0.39, 0.29) is 5.78 Å². The Kier molecular flexibility index (Phi) is 2.90. The highest BCUT2D eigenvalue weighted by Crippen LogP contribution is 2.22. The van der Waals surface area contributed by atoms with Crippen LogP contribution in [0.2, 0.25) is 0 Å². The number of nitrogens with two attached hydrogens (primary N) is 1. The molecule has 13 heavy (non-hydrogen) atoms. The van der Waals surface area contributed by atoms with Gasteiger partial charge in [0.2, 0.25) is 0 Å². The van der Waals surface area contributed by atoms with Gasteiger partial charge < -0.3 is 10.5 Å². The first-order valence-corrected chi connectivity index (χ1v) is 4.15. The fourth-order valence-corrected chi connectivity index (χ4v) is 1.13. The van der Waals surface area contributed by atoms with Crippen LogP contribution in [0, 0.1) is 0 Å². The number of benzene rings is 1. The van der Waals surface area contributed by atoms with Gasteiger partial charge in [-0.2, -0.15) is 0 Å². The minimum Gasteiger partial charge on any atom is -0.496 e. The number of Topliss-reactive ketones (excluding diaryl/α,β-unsaturated/α-hetero) is 1. The van der Waals surface area contributed by atoms with Gasteiger partial charge in [-0.1, -0.05) is 6.92 Å². The lowest BCUT2D eigenvalue weighted by Crippen LogP contribution is -2.01. The lowest BCUT2D eigenvalue weighted by atomic mass is 10.1. The van der Waals surface area contributed by atoms with Crippen LogP contribution in [-0.4, -0.2) is 12.9 Å². The Hall–Kier alpha value is -1.51. The monoisotopic (exact) mass is 179 g/mol. The van der Waals surface area contributed by atoms with Crippen LogP contribution in [0.4, 0.5) is 5.69 Å². The van der Waals surface area contributed by atoms with Gasteiger partial charge in [0, 0.05) is 18.2 Å². The van der Waals surface area contributed by atoms with Gasteiger partial charge in [-0.05, 0) is 12.1 Å². The van der Waals surface area contributed by atoms with Crippen LogP contribution >= 0.6 is 0 Å². The lowest BCUT2D eigenvalue weighted by molar-refractivity contribution is 0.0985. The van der Waals surface area contributed by atoms with Crippen molar-refractivity contribution in [1.29, 1.82) is 0 Å². The number of ether oxygens (including phenoxy) is 1. The number of rotatable bonds is 3. The number of nitrogen functional groups attached to an aromatic ring is 1. The topological polar surface area (TPSA) is 52.3 Å². The molecular formula is C10H13NO2. The molecule has 3 heteroatoms. The minimum atomic E-state index is 0.0665. The fraction of sp³-hybridized carbons (Fsp3) is 0.300. The van der Waals surface area contributed by atoms with Gasteiger partial charge >= 0.3 is 0 Å². The molecule has 1 aromatic rings. The van der Waals surface area contributed by atoms with E-state index in [2.05, 4.69) is 0 Å². The molecule has 2 N–H and O–H groups in total. The Bertz CT molecular complexity index is 321. The van der Waals surface area contributed by atoms with Gasteiger partial charge in [0.15, 0.2) is 5.78 Å². The molecule has 1 rings (SSSR count). The fourth-order valence-electron chi connectivity index (χ4n) is 1.13. The number of carbonyl (C=O) groups excluding carboxylic acids is 1.